The zero-order valence-corrected chi connectivity index (χ0v) is 9.86. The highest BCUT2D eigenvalue weighted by atomic mass is 16.6. The van der Waals surface area contributed by atoms with Gasteiger partial charge in [0.2, 0.25) is 0 Å². The molecule has 0 saturated heterocycles. The summed E-state index contributed by atoms with van der Waals surface area (Å²) >= 11 is 0. The maximum absolute atomic E-state index is 11.0. The third-order valence-electron chi connectivity index (χ3n) is 2.09. The highest BCUT2D eigenvalue weighted by Crippen LogP contribution is 2.10. The first-order valence-electron chi connectivity index (χ1n) is 5.57. The SMILES string of the molecule is CCCC(=O)OCCOc1ccc(C)cc1. The average molecular weight is 222 g/mol. The van der Waals surface area contributed by atoms with Crippen molar-refractivity contribution < 1.29 is 14.3 Å². The van der Waals surface area contributed by atoms with Crippen molar-refractivity contribution >= 4 is 5.97 Å². The van der Waals surface area contributed by atoms with Gasteiger partial charge >= 0.3 is 5.97 Å². The van der Waals surface area contributed by atoms with E-state index in [0.29, 0.717) is 19.6 Å². The van der Waals surface area contributed by atoms with Crippen LogP contribution < -0.4 is 4.74 Å². The monoisotopic (exact) mass is 222 g/mol. The molecule has 0 aromatic heterocycles. The Labute approximate surface area is 96.4 Å². The molecule has 0 radical (unpaired) electrons. The quantitative estimate of drug-likeness (QED) is 0.548. The van der Waals surface area contributed by atoms with E-state index in [0.717, 1.165) is 12.2 Å². The number of aryl methyl sites for hydroxylation is 1. The van der Waals surface area contributed by atoms with Gasteiger partial charge in [-0.25, -0.2) is 0 Å². The molecule has 0 aliphatic rings. The Kier molecular flexibility index (Phi) is 5.40. The summed E-state index contributed by atoms with van der Waals surface area (Å²) in [5, 5.41) is 0. The van der Waals surface area contributed by atoms with Gasteiger partial charge in [-0.15, -0.1) is 0 Å². The lowest BCUT2D eigenvalue weighted by Gasteiger charge is -2.07. The zero-order chi connectivity index (χ0) is 11.8. The first kappa shape index (κ1) is 12.6. The highest BCUT2D eigenvalue weighted by Gasteiger charge is 2.00. The van der Waals surface area contributed by atoms with Crippen molar-refractivity contribution in [3.8, 4) is 5.75 Å². The van der Waals surface area contributed by atoms with Crippen LogP contribution in [-0.2, 0) is 9.53 Å². The smallest absolute Gasteiger partial charge is 0.305 e. The molecule has 88 valence electrons. The van der Waals surface area contributed by atoms with Crippen molar-refractivity contribution in [2.24, 2.45) is 0 Å². The van der Waals surface area contributed by atoms with E-state index in [9.17, 15) is 4.79 Å². The standard InChI is InChI=1S/C13H18O3/c1-3-4-13(14)16-10-9-15-12-7-5-11(2)6-8-12/h5-8H,3-4,9-10H2,1-2H3. The minimum absolute atomic E-state index is 0.157. The van der Waals surface area contributed by atoms with E-state index in [1.807, 2.05) is 38.1 Å². The molecule has 0 aliphatic heterocycles. The Bertz CT molecular complexity index is 316. The second-order valence-corrected chi connectivity index (χ2v) is 3.63. The number of hydrogen-bond acceptors (Lipinski definition) is 3. The topological polar surface area (TPSA) is 35.5 Å². The molecule has 3 nitrogen and oxygen atoms in total. The summed E-state index contributed by atoms with van der Waals surface area (Å²) in [4.78, 5) is 11.0. The molecule has 0 heterocycles. The van der Waals surface area contributed by atoms with Crippen molar-refractivity contribution in [2.45, 2.75) is 26.7 Å². The van der Waals surface area contributed by atoms with Gasteiger partial charge in [-0.05, 0) is 25.5 Å². The fourth-order valence-corrected chi connectivity index (χ4v) is 1.23. The maximum atomic E-state index is 11.0. The van der Waals surface area contributed by atoms with E-state index < -0.39 is 0 Å². The van der Waals surface area contributed by atoms with Crippen molar-refractivity contribution in [3.05, 3.63) is 29.8 Å². The maximum Gasteiger partial charge on any atom is 0.305 e. The number of hydrogen-bond donors (Lipinski definition) is 0. The van der Waals surface area contributed by atoms with Crippen LogP contribution in [0.4, 0.5) is 0 Å². The van der Waals surface area contributed by atoms with Crippen molar-refractivity contribution in [1.29, 1.82) is 0 Å². The van der Waals surface area contributed by atoms with E-state index in [4.69, 9.17) is 9.47 Å². The van der Waals surface area contributed by atoms with Gasteiger partial charge in [0.05, 0.1) is 0 Å². The molecular weight excluding hydrogens is 204 g/mol. The Morgan fingerprint density at radius 1 is 1.19 bits per heavy atom. The molecule has 0 aliphatic carbocycles. The first-order chi connectivity index (χ1) is 7.72. The lowest BCUT2D eigenvalue weighted by molar-refractivity contribution is -0.144. The fraction of sp³-hybridized carbons (Fsp3) is 0.462. The van der Waals surface area contributed by atoms with Crippen molar-refractivity contribution in [3.63, 3.8) is 0 Å². The van der Waals surface area contributed by atoms with E-state index in [1.165, 1.54) is 5.56 Å². The zero-order valence-electron chi connectivity index (χ0n) is 9.86. The number of benzene rings is 1. The normalized spacial score (nSPS) is 9.88. The molecule has 0 atom stereocenters. The molecule has 1 aromatic carbocycles. The van der Waals surface area contributed by atoms with Crippen LogP contribution in [-0.4, -0.2) is 19.2 Å². The van der Waals surface area contributed by atoms with Gasteiger partial charge in [-0.2, -0.15) is 0 Å². The summed E-state index contributed by atoms with van der Waals surface area (Å²) in [6.07, 6.45) is 1.29. The minimum atomic E-state index is -0.157. The van der Waals surface area contributed by atoms with Gasteiger partial charge in [0.1, 0.15) is 19.0 Å². The average Bonchev–Trinajstić information content (AvgIpc) is 2.27. The summed E-state index contributed by atoms with van der Waals surface area (Å²) in [7, 11) is 0. The summed E-state index contributed by atoms with van der Waals surface area (Å²) < 4.78 is 10.4. The van der Waals surface area contributed by atoms with Crippen LogP contribution >= 0.6 is 0 Å². The second kappa shape index (κ2) is 6.88. The van der Waals surface area contributed by atoms with E-state index in [2.05, 4.69) is 0 Å². The summed E-state index contributed by atoms with van der Waals surface area (Å²) in [5.41, 5.74) is 1.20. The predicted octanol–water partition coefficient (Wildman–Crippen LogP) is 2.72. The molecule has 3 heteroatoms. The Morgan fingerprint density at radius 2 is 1.88 bits per heavy atom. The van der Waals surface area contributed by atoms with Gasteiger partial charge in [0.15, 0.2) is 0 Å². The summed E-state index contributed by atoms with van der Waals surface area (Å²) in [6, 6.07) is 7.78. The number of carbonyl (C=O) groups is 1. The molecule has 0 amide bonds. The minimum Gasteiger partial charge on any atom is -0.490 e. The number of rotatable bonds is 6. The van der Waals surface area contributed by atoms with E-state index >= 15 is 0 Å². The predicted molar refractivity (Wildman–Crippen MR) is 62.5 cm³/mol. The van der Waals surface area contributed by atoms with Crippen molar-refractivity contribution in [2.75, 3.05) is 13.2 Å². The highest BCUT2D eigenvalue weighted by molar-refractivity contribution is 5.69. The Morgan fingerprint density at radius 3 is 2.50 bits per heavy atom. The van der Waals surface area contributed by atoms with Gasteiger partial charge in [-0.1, -0.05) is 24.6 Å². The van der Waals surface area contributed by atoms with Crippen LogP contribution in [0.2, 0.25) is 0 Å². The molecule has 0 spiro atoms. The van der Waals surface area contributed by atoms with Crippen LogP contribution in [0.1, 0.15) is 25.3 Å². The van der Waals surface area contributed by atoms with Gasteiger partial charge in [0.25, 0.3) is 0 Å². The molecule has 1 aromatic rings. The van der Waals surface area contributed by atoms with Crippen LogP contribution in [0, 0.1) is 6.92 Å². The largest absolute Gasteiger partial charge is 0.490 e. The third-order valence-corrected chi connectivity index (χ3v) is 2.09. The third kappa shape index (κ3) is 4.82. The van der Waals surface area contributed by atoms with Crippen molar-refractivity contribution in [1.82, 2.24) is 0 Å². The molecule has 0 N–H and O–H groups in total. The summed E-state index contributed by atoms with van der Waals surface area (Å²) in [6.45, 7) is 4.69. The van der Waals surface area contributed by atoms with Gasteiger partial charge in [0, 0.05) is 6.42 Å². The van der Waals surface area contributed by atoms with Gasteiger partial charge < -0.3 is 9.47 Å². The molecule has 0 bridgehead atoms. The molecule has 0 unspecified atom stereocenters. The Balaban J connectivity index is 2.16. The van der Waals surface area contributed by atoms with E-state index in [1.54, 1.807) is 0 Å². The lowest BCUT2D eigenvalue weighted by Crippen LogP contribution is -2.11. The molecule has 0 fully saturated rings. The number of carbonyl (C=O) groups excluding carboxylic acids is 1. The number of esters is 1. The molecule has 0 saturated carbocycles. The summed E-state index contributed by atoms with van der Waals surface area (Å²) in [5.74, 6) is 0.646. The van der Waals surface area contributed by atoms with Crippen LogP contribution in [0.15, 0.2) is 24.3 Å². The second-order valence-electron chi connectivity index (χ2n) is 3.63. The fourth-order valence-electron chi connectivity index (χ4n) is 1.23. The van der Waals surface area contributed by atoms with Crippen LogP contribution in [0.5, 0.6) is 5.75 Å². The molecule has 1 rings (SSSR count). The lowest BCUT2D eigenvalue weighted by atomic mass is 10.2. The molecule has 16 heavy (non-hydrogen) atoms. The first-order valence-corrected chi connectivity index (χ1v) is 5.57. The van der Waals surface area contributed by atoms with Crippen LogP contribution in [0.3, 0.4) is 0 Å². The van der Waals surface area contributed by atoms with E-state index in [-0.39, 0.29) is 5.97 Å². The van der Waals surface area contributed by atoms with Crippen LogP contribution in [0.25, 0.3) is 0 Å². The van der Waals surface area contributed by atoms with Gasteiger partial charge in [-0.3, -0.25) is 4.79 Å². The number of ether oxygens (including phenoxy) is 2. The Hall–Kier alpha value is -1.51. The molecular formula is C13H18O3.